The lowest BCUT2D eigenvalue weighted by atomic mass is 10.1. The van der Waals surface area contributed by atoms with Crippen LogP contribution in [0.15, 0.2) is 34.8 Å². The van der Waals surface area contributed by atoms with Crippen molar-refractivity contribution in [1.29, 1.82) is 0 Å². The van der Waals surface area contributed by atoms with Gasteiger partial charge in [0.1, 0.15) is 12.4 Å². The van der Waals surface area contributed by atoms with Crippen molar-refractivity contribution in [2.24, 2.45) is 0 Å². The standard InChI is InChI=1S/C15H12BrClFNO2/c1-8(20)11-5-10(16)6-13(19)15(11)21-7-9-3-2-4-12(18)14(9)17/h2-6H,7,19H2,1H3. The highest BCUT2D eigenvalue weighted by Gasteiger charge is 2.15. The Morgan fingerprint density at radius 1 is 1.43 bits per heavy atom. The molecule has 0 atom stereocenters. The van der Waals surface area contributed by atoms with E-state index in [2.05, 4.69) is 15.9 Å². The maximum Gasteiger partial charge on any atom is 0.163 e. The number of ketones is 1. The first-order valence-corrected chi connectivity index (χ1v) is 7.23. The van der Waals surface area contributed by atoms with Gasteiger partial charge in [0, 0.05) is 10.0 Å². The first-order valence-electron chi connectivity index (χ1n) is 6.05. The lowest BCUT2D eigenvalue weighted by Crippen LogP contribution is -2.05. The summed E-state index contributed by atoms with van der Waals surface area (Å²) in [5.74, 6) is -0.428. The van der Waals surface area contributed by atoms with Gasteiger partial charge in [0.05, 0.1) is 16.3 Å². The van der Waals surface area contributed by atoms with Crippen LogP contribution in [0, 0.1) is 5.82 Å². The predicted molar refractivity (Wildman–Crippen MR) is 84.3 cm³/mol. The summed E-state index contributed by atoms with van der Waals surface area (Å²) in [7, 11) is 0. The minimum atomic E-state index is -0.520. The molecule has 0 fully saturated rings. The Morgan fingerprint density at radius 3 is 2.81 bits per heavy atom. The van der Waals surface area contributed by atoms with Crippen molar-refractivity contribution in [3.8, 4) is 5.75 Å². The summed E-state index contributed by atoms with van der Waals surface area (Å²) < 4.78 is 19.6. The van der Waals surface area contributed by atoms with Gasteiger partial charge >= 0.3 is 0 Å². The Balaban J connectivity index is 2.32. The fourth-order valence-electron chi connectivity index (χ4n) is 1.85. The third kappa shape index (κ3) is 3.54. The molecule has 3 nitrogen and oxygen atoms in total. The molecule has 0 saturated heterocycles. The summed E-state index contributed by atoms with van der Waals surface area (Å²) in [6.45, 7) is 1.44. The Bertz CT molecular complexity index is 706. The van der Waals surface area contributed by atoms with Crippen LogP contribution in [0.2, 0.25) is 5.02 Å². The molecule has 2 aromatic carbocycles. The molecule has 0 aliphatic heterocycles. The number of benzene rings is 2. The van der Waals surface area contributed by atoms with E-state index in [9.17, 15) is 9.18 Å². The van der Waals surface area contributed by atoms with Crippen LogP contribution in [0.25, 0.3) is 0 Å². The molecule has 0 aliphatic rings. The summed E-state index contributed by atoms with van der Waals surface area (Å²) in [5, 5.41) is -0.00226. The van der Waals surface area contributed by atoms with Crippen molar-refractivity contribution in [3.05, 3.63) is 56.8 Å². The topological polar surface area (TPSA) is 52.3 Å². The summed E-state index contributed by atoms with van der Waals surface area (Å²) in [6, 6.07) is 7.71. The van der Waals surface area contributed by atoms with E-state index >= 15 is 0 Å². The molecule has 110 valence electrons. The summed E-state index contributed by atoms with van der Waals surface area (Å²) >= 11 is 9.14. The Kier molecular flexibility index (Phi) is 4.85. The van der Waals surface area contributed by atoms with Gasteiger partial charge in [0.25, 0.3) is 0 Å². The SMILES string of the molecule is CC(=O)c1cc(Br)cc(N)c1OCc1cccc(F)c1Cl. The van der Waals surface area contributed by atoms with Crippen molar-refractivity contribution < 1.29 is 13.9 Å². The van der Waals surface area contributed by atoms with Crippen molar-refractivity contribution in [2.75, 3.05) is 5.73 Å². The van der Waals surface area contributed by atoms with Crippen LogP contribution in [-0.4, -0.2) is 5.78 Å². The molecule has 0 saturated carbocycles. The molecule has 2 aromatic rings. The molecule has 6 heteroatoms. The summed E-state index contributed by atoms with van der Waals surface area (Å²) in [5.41, 5.74) is 7.04. The van der Waals surface area contributed by atoms with Gasteiger partial charge in [0.15, 0.2) is 11.5 Å². The van der Waals surface area contributed by atoms with E-state index in [4.69, 9.17) is 22.1 Å². The van der Waals surface area contributed by atoms with Gasteiger partial charge in [0.2, 0.25) is 0 Å². The number of nitrogen functional groups attached to an aromatic ring is 1. The van der Waals surface area contributed by atoms with E-state index in [0.29, 0.717) is 21.3 Å². The van der Waals surface area contributed by atoms with E-state index < -0.39 is 5.82 Å². The van der Waals surface area contributed by atoms with E-state index in [1.807, 2.05) is 0 Å². The third-order valence-electron chi connectivity index (χ3n) is 2.87. The fraction of sp³-hybridized carbons (Fsp3) is 0.133. The van der Waals surface area contributed by atoms with Crippen LogP contribution in [0.4, 0.5) is 10.1 Å². The molecule has 0 aromatic heterocycles. The Hall–Kier alpha value is -1.59. The number of ether oxygens (including phenoxy) is 1. The second kappa shape index (κ2) is 6.45. The zero-order valence-electron chi connectivity index (χ0n) is 11.1. The lowest BCUT2D eigenvalue weighted by Gasteiger charge is -2.14. The molecule has 2 N–H and O–H groups in total. The monoisotopic (exact) mass is 371 g/mol. The number of hydrogen-bond donors (Lipinski definition) is 1. The van der Waals surface area contributed by atoms with Gasteiger partial charge in [-0.15, -0.1) is 0 Å². The lowest BCUT2D eigenvalue weighted by molar-refractivity contribution is 0.101. The van der Waals surface area contributed by atoms with Gasteiger partial charge in [-0.2, -0.15) is 0 Å². The smallest absolute Gasteiger partial charge is 0.163 e. The van der Waals surface area contributed by atoms with Gasteiger partial charge in [-0.3, -0.25) is 4.79 Å². The first kappa shape index (κ1) is 15.8. The number of rotatable bonds is 4. The quantitative estimate of drug-likeness (QED) is 0.630. The Morgan fingerprint density at radius 2 is 2.14 bits per heavy atom. The van der Waals surface area contributed by atoms with Gasteiger partial charge in [-0.05, 0) is 25.1 Å². The minimum Gasteiger partial charge on any atom is -0.486 e. The average Bonchev–Trinajstić information content (AvgIpc) is 2.41. The van der Waals surface area contributed by atoms with Gasteiger partial charge in [-0.1, -0.05) is 39.7 Å². The molecule has 21 heavy (non-hydrogen) atoms. The highest BCUT2D eigenvalue weighted by Crippen LogP contribution is 2.32. The molecule has 0 spiro atoms. The van der Waals surface area contributed by atoms with Crippen molar-refractivity contribution in [2.45, 2.75) is 13.5 Å². The van der Waals surface area contributed by atoms with Crippen molar-refractivity contribution in [1.82, 2.24) is 0 Å². The number of nitrogens with two attached hydrogens (primary N) is 1. The van der Waals surface area contributed by atoms with E-state index in [1.165, 1.54) is 19.1 Å². The van der Waals surface area contributed by atoms with Crippen LogP contribution in [0.5, 0.6) is 5.75 Å². The van der Waals surface area contributed by atoms with Crippen LogP contribution in [-0.2, 0) is 6.61 Å². The predicted octanol–water partition coefficient (Wildman–Crippen LogP) is 4.61. The number of anilines is 1. The summed E-state index contributed by atoms with van der Waals surface area (Å²) in [6.07, 6.45) is 0. The molecular formula is C15H12BrClFNO2. The molecule has 2 rings (SSSR count). The molecular weight excluding hydrogens is 361 g/mol. The zero-order chi connectivity index (χ0) is 15.6. The van der Waals surface area contributed by atoms with Gasteiger partial charge < -0.3 is 10.5 Å². The van der Waals surface area contributed by atoms with E-state index in [-0.39, 0.29) is 23.2 Å². The van der Waals surface area contributed by atoms with Crippen LogP contribution in [0.1, 0.15) is 22.8 Å². The third-order valence-corrected chi connectivity index (χ3v) is 3.75. The number of halogens is 3. The van der Waals surface area contributed by atoms with Gasteiger partial charge in [-0.25, -0.2) is 4.39 Å². The van der Waals surface area contributed by atoms with Crippen LogP contribution < -0.4 is 10.5 Å². The second-order valence-corrected chi connectivity index (χ2v) is 5.72. The number of carbonyl (C=O) groups is 1. The van der Waals surface area contributed by atoms with E-state index in [0.717, 1.165) is 0 Å². The largest absolute Gasteiger partial charge is 0.486 e. The highest BCUT2D eigenvalue weighted by molar-refractivity contribution is 9.10. The normalized spacial score (nSPS) is 10.5. The molecule has 0 aliphatic carbocycles. The maximum atomic E-state index is 13.4. The molecule has 0 amide bonds. The molecule has 0 unspecified atom stereocenters. The summed E-state index contributed by atoms with van der Waals surface area (Å²) in [4.78, 5) is 11.7. The number of hydrogen-bond acceptors (Lipinski definition) is 3. The second-order valence-electron chi connectivity index (χ2n) is 4.43. The maximum absolute atomic E-state index is 13.4. The van der Waals surface area contributed by atoms with E-state index in [1.54, 1.807) is 18.2 Å². The Labute approximate surface area is 135 Å². The average molecular weight is 373 g/mol. The van der Waals surface area contributed by atoms with Crippen LogP contribution in [0.3, 0.4) is 0 Å². The highest BCUT2D eigenvalue weighted by atomic mass is 79.9. The minimum absolute atomic E-state index is 0.00226. The van der Waals surface area contributed by atoms with Crippen molar-refractivity contribution in [3.63, 3.8) is 0 Å². The number of carbonyl (C=O) groups excluding carboxylic acids is 1. The number of Topliss-reactive ketones (excluding diaryl/α,β-unsaturated/α-hetero) is 1. The van der Waals surface area contributed by atoms with Crippen LogP contribution >= 0.6 is 27.5 Å². The molecule has 0 bridgehead atoms. The fourth-order valence-corrected chi connectivity index (χ4v) is 2.50. The molecule has 0 radical (unpaired) electrons. The molecule has 0 heterocycles. The van der Waals surface area contributed by atoms with Crippen molar-refractivity contribution >= 4 is 39.0 Å². The zero-order valence-corrected chi connectivity index (χ0v) is 13.5. The first-order chi connectivity index (χ1) is 9.90.